The molecule has 0 fully saturated rings. The summed E-state index contributed by atoms with van der Waals surface area (Å²) in [7, 11) is 0. The molecule has 0 aliphatic heterocycles. The standard InChI is InChI=1S/C22H18ClNO3S/c23-17-10-7-11-18(14-17)24-20(25)15-27-22(26)21(16-8-3-1-4-9-16)28-19-12-5-2-6-13-19/h1-14,21H,15H2,(H,24,25)/t21-/m1/s1. The van der Waals surface area contributed by atoms with Crippen molar-refractivity contribution in [3.05, 3.63) is 95.5 Å². The van der Waals surface area contributed by atoms with Crippen LogP contribution in [-0.4, -0.2) is 18.5 Å². The molecule has 4 nitrogen and oxygen atoms in total. The van der Waals surface area contributed by atoms with Crippen LogP contribution in [0.5, 0.6) is 0 Å². The van der Waals surface area contributed by atoms with E-state index in [1.807, 2.05) is 60.7 Å². The number of benzene rings is 3. The summed E-state index contributed by atoms with van der Waals surface area (Å²) in [4.78, 5) is 25.8. The Labute approximate surface area is 172 Å². The van der Waals surface area contributed by atoms with Crippen molar-refractivity contribution in [2.45, 2.75) is 10.1 Å². The Hall–Kier alpha value is -2.76. The lowest BCUT2D eigenvalue weighted by Gasteiger charge is -2.16. The summed E-state index contributed by atoms with van der Waals surface area (Å²) in [5.41, 5.74) is 1.36. The molecule has 0 bridgehead atoms. The van der Waals surface area contributed by atoms with Crippen LogP contribution in [0.1, 0.15) is 10.8 Å². The number of nitrogens with one attached hydrogen (secondary N) is 1. The van der Waals surface area contributed by atoms with Crippen LogP contribution < -0.4 is 5.32 Å². The summed E-state index contributed by atoms with van der Waals surface area (Å²) >= 11 is 7.29. The van der Waals surface area contributed by atoms with Crippen LogP contribution in [0.15, 0.2) is 89.8 Å². The van der Waals surface area contributed by atoms with Gasteiger partial charge in [-0.2, -0.15) is 0 Å². The third-order valence-electron chi connectivity index (χ3n) is 3.77. The fraction of sp³-hybridized carbons (Fsp3) is 0.0909. The molecule has 3 aromatic carbocycles. The number of amides is 1. The first kappa shape index (κ1) is 20.0. The van der Waals surface area contributed by atoms with Gasteiger partial charge in [-0.15, -0.1) is 11.8 Å². The van der Waals surface area contributed by atoms with Crippen LogP contribution >= 0.6 is 23.4 Å². The SMILES string of the molecule is O=C(COC(=O)[C@H](Sc1ccccc1)c1ccccc1)Nc1cccc(Cl)c1. The van der Waals surface area contributed by atoms with E-state index in [1.165, 1.54) is 11.8 Å². The van der Waals surface area contributed by atoms with Crippen molar-refractivity contribution in [1.82, 2.24) is 0 Å². The van der Waals surface area contributed by atoms with E-state index in [0.29, 0.717) is 10.7 Å². The Kier molecular flexibility index (Phi) is 7.12. The number of carbonyl (C=O) groups is 2. The molecule has 142 valence electrons. The van der Waals surface area contributed by atoms with Gasteiger partial charge in [-0.3, -0.25) is 9.59 Å². The summed E-state index contributed by atoms with van der Waals surface area (Å²) in [6.07, 6.45) is 0. The number of thioether (sulfide) groups is 1. The maximum Gasteiger partial charge on any atom is 0.324 e. The minimum absolute atomic E-state index is 0.371. The molecule has 0 unspecified atom stereocenters. The first-order chi connectivity index (χ1) is 13.6. The predicted molar refractivity (Wildman–Crippen MR) is 113 cm³/mol. The maximum atomic E-state index is 12.7. The molecule has 3 rings (SSSR count). The first-order valence-electron chi connectivity index (χ1n) is 8.60. The van der Waals surface area contributed by atoms with Gasteiger partial charge in [0, 0.05) is 15.6 Å². The monoisotopic (exact) mass is 411 g/mol. The highest BCUT2D eigenvalue weighted by atomic mass is 35.5. The number of anilines is 1. The number of rotatable bonds is 7. The fourth-order valence-electron chi connectivity index (χ4n) is 2.49. The van der Waals surface area contributed by atoms with E-state index in [-0.39, 0.29) is 6.61 Å². The lowest BCUT2D eigenvalue weighted by molar-refractivity contribution is -0.146. The van der Waals surface area contributed by atoms with Gasteiger partial charge in [-0.1, -0.05) is 66.2 Å². The normalized spacial score (nSPS) is 11.5. The number of hydrogen-bond acceptors (Lipinski definition) is 4. The third kappa shape index (κ3) is 5.87. The number of halogens is 1. The molecule has 6 heteroatoms. The maximum absolute atomic E-state index is 12.7. The average Bonchev–Trinajstić information content (AvgIpc) is 2.72. The summed E-state index contributed by atoms with van der Waals surface area (Å²) in [6.45, 7) is -0.371. The Morgan fingerprint density at radius 2 is 1.61 bits per heavy atom. The minimum atomic E-state index is -0.567. The Morgan fingerprint density at radius 3 is 2.29 bits per heavy atom. The Morgan fingerprint density at radius 1 is 0.929 bits per heavy atom. The van der Waals surface area contributed by atoms with Crippen LogP contribution in [0.25, 0.3) is 0 Å². The van der Waals surface area contributed by atoms with Crippen LogP contribution in [0.3, 0.4) is 0 Å². The van der Waals surface area contributed by atoms with E-state index in [0.717, 1.165) is 10.5 Å². The molecule has 0 saturated carbocycles. The van der Waals surface area contributed by atoms with Gasteiger partial charge >= 0.3 is 5.97 Å². The third-order valence-corrected chi connectivity index (χ3v) is 5.25. The predicted octanol–water partition coefficient (Wildman–Crippen LogP) is 5.36. The molecule has 1 N–H and O–H groups in total. The molecule has 0 aliphatic carbocycles. The van der Waals surface area contributed by atoms with Gasteiger partial charge in [0.25, 0.3) is 5.91 Å². The molecule has 1 amide bonds. The first-order valence-corrected chi connectivity index (χ1v) is 9.86. The minimum Gasteiger partial charge on any atom is -0.454 e. The zero-order valence-corrected chi connectivity index (χ0v) is 16.5. The molecule has 0 aliphatic rings. The molecular weight excluding hydrogens is 394 g/mol. The highest BCUT2D eigenvalue weighted by Crippen LogP contribution is 2.36. The Balaban J connectivity index is 1.65. The number of esters is 1. The molecule has 0 aromatic heterocycles. The molecule has 0 heterocycles. The van der Waals surface area contributed by atoms with Gasteiger partial charge in [0.05, 0.1) is 0 Å². The molecular formula is C22H18ClNO3S. The van der Waals surface area contributed by atoms with Crippen molar-refractivity contribution < 1.29 is 14.3 Å². The lowest BCUT2D eigenvalue weighted by atomic mass is 10.1. The van der Waals surface area contributed by atoms with Crippen molar-refractivity contribution in [2.24, 2.45) is 0 Å². The molecule has 1 atom stereocenters. The highest BCUT2D eigenvalue weighted by Gasteiger charge is 2.24. The van der Waals surface area contributed by atoms with E-state index in [1.54, 1.807) is 24.3 Å². The summed E-state index contributed by atoms with van der Waals surface area (Å²) in [5.74, 6) is -0.895. The van der Waals surface area contributed by atoms with Crippen molar-refractivity contribution in [3.8, 4) is 0 Å². The molecule has 0 spiro atoms. The van der Waals surface area contributed by atoms with Crippen molar-refractivity contribution in [1.29, 1.82) is 0 Å². The van der Waals surface area contributed by atoms with Gasteiger partial charge in [0.1, 0.15) is 5.25 Å². The van der Waals surface area contributed by atoms with E-state index >= 15 is 0 Å². The van der Waals surface area contributed by atoms with Crippen LogP contribution in [0, 0.1) is 0 Å². The second-order valence-corrected chi connectivity index (χ2v) is 7.50. The number of ether oxygens (including phenoxy) is 1. The van der Waals surface area contributed by atoms with E-state index in [9.17, 15) is 9.59 Å². The molecule has 28 heavy (non-hydrogen) atoms. The smallest absolute Gasteiger partial charge is 0.324 e. The van der Waals surface area contributed by atoms with E-state index in [2.05, 4.69) is 5.32 Å². The number of carbonyl (C=O) groups excluding carboxylic acids is 2. The van der Waals surface area contributed by atoms with Gasteiger partial charge in [0.2, 0.25) is 0 Å². The van der Waals surface area contributed by atoms with Gasteiger partial charge in [0.15, 0.2) is 6.61 Å². The number of hydrogen-bond donors (Lipinski definition) is 1. The van der Waals surface area contributed by atoms with E-state index in [4.69, 9.17) is 16.3 Å². The quantitative estimate of drug-likeness (QED) is 0.420. The van der Waals surface area contributed by atoms with Gasteiger partial charge in [-0.25, -0.2) is 0 Å². The van der Waals surface area contributed by atoms with Gasteiger partial charge < -0.3 is 10.1 Å². The second kappa shape index (κ2) is 9.97. The topological polar surface area (TPSA) is 55.4 Å². The zero-order chi connectivity index (χ0) is 19.8. The molecule has 0 radical (unpaired) electrons. The van der Waals surface area contributed by atoms with Crippen molar-refractivity contribution >= 4 is 40.9 Å². The molecule has 3 aromatic rings. The largest absolute Gasteiger partial charge is 0.454 e. The second-order valence-electron chi connectivity index (χ2n) is 5.89. The fourth-order valence-corrected chi connectivity index (χ4v) is 3.73. The van der Waals surface area contributed by atoms with E-state index < -0.39 is 17.1 Å². The summed E-state index contributed by atoms with van der Waals surface area (Å²) in [6, 6.07) is 25.7. The van der Waals surface area contributed by atoms with Crippen LogP contribution in [0.2, 0.25) is 5.02 Å². The van der Waals surface area contributed by atoms with Crippen LogP contribution in [0.4, 0.5) is 5.69 Å². The van der Waals surface area contributed by atoms with Gasteiger partial charge in [-0.05, 0) is 35.9 Å². The molecule has 0 saturated heterocycles. The van der Waals surface area contributed by atoms with Crippen molar-refractivity contribution in [3.63, 3.8) is 0 Å². The average molecular weight is 412 g/mol. The Bertz CT molecular complexity index is 935. The highest BCUT2D eigenvalue weighted by molar-refractivity contribution is 8.00. The summed E-state index contributed by atoms with van der Waals surface area (Å²) < 4.78 is 5.29. The zero-order valence-electron chi connectivity index (χ0n) is 14.9. The van der Waals surface area contributed by atoms with Crippen LogP contribution in [-0.2, 0) is 14.3 Å². The van der Waals surface area contributed by atoms with Crippen molar-refractivity contribution in [2.75, 3.05) is 11.9 Å². The summed E-state index contributed by atoms with van der Waals surface area (Å²) in [5, 5.41) is 2.60. The lowest BCUT2D eigenvalue weighted by Crippen LogP contribution is -2.23.